The van der Waals surface area contributed by atoms with Crippen molar-refractivity contribution in [3.8, 4) is 5.75 Å². The van der Waals surface area contributed by atoms with Gasteiger partial charge in [0, 0.05) is 35.4 Å². The first-order chi connectivity index (χ1) is 9.24. The Labute approximate surface area is 124 Å². The number of benzene rings is 1. The molecule has 1 aliphatic heterocycles. The lowest BCUT2D eigenvalue weighted by atomic mass is 10.1. The lowest BCUT2D eigenvalue weighted by molar-refractivity contribution is 0.354. The van der Waals surface area contributed by atoms with Crippen molar-refractivity contribution in [1.29, 1.82) is 0 Å². The summed E-state index contributed by atoms with van der Waals surface area (Å²) in [6.07, 6.45) is 4.12. The number of nitrogens with one attached hydrogen (secondary N) is 1. The van der Waals surface area contributed by atoms with Gasteiger partial charge in [-0.05, 0) is 17.7 Å². The van der Waals surface area contributed by atoms with Gasteiger partial charge in [0.05, 0.1) is 6.61 Å². The van der Waals surface area contributed by atoms with Crippen LogP contribution in [-0.4, -0.2) is 16.6 Å². The van der Waals surface area contributed by atoms with Crippen molar-refractivity contribution in [2.75, 3.05) is 11.9 Å². The average molecular weight is 341 g/mol. The molecule has 3 rings (SSSR count). The molecule has 2 aromatic rings. The van der Waals surface area contributed by atoms with Crippen LogP contribution >= 0.6 is 27.5 Å². The van der Waals surface area contributed by atoms with E-state index in [-0.39, 0.29) is 0 Å². The van der Waals surface area contributed by atoms with E-state index in [0.29, 0.717) is 17.5 Å². The summed E-state index contributed by atoms with van der Waals surface area (Å²) in [6, 6.07) is 4.14. The normalized spacial score (nSPS) is 12.9. The summed E-state index contributed by atoms with van der Waals surface area (Å²) >= 11 is 9.48. The van der Waals surface area contributed by atoms with Crippen molar-refractivity contribution in [1.82, 2.24) is 9.97 Å². The predicted molar refractivity (Wildman–Crippen MR) is 77.7 cm³/mol. The number of ether oxygens (including phenoxy) is 1. The number of hydrogen-bond donors (Lipinski definition) is 1. The molecule has 0 saturated heterocycles. The fourth-order valence-corrected chi connectivity index (χ4v) is 2.82. The molecule has 4 nitrogen and oxygen atoms in total. The molecule has 0 aliphatic carbocycles. The topological polar surface area (TPSA) is 47.0 Å². The maximum Gasteiger partial charge on any atom is 0.171 e. The van der Waals surface area contributed by atoms with Crippen molar-refractivity contribution in [3.05, 3.63) is 45.3 Å². The Morgan fingerprint density at radius 1 is 1.32 bits per heavy atom. The quantitative estimate of drug-likeness (QED) is 0.930. The van der Waals surface area contributed by atoms with E-state index >= 15 is 0 Å². The maximum absolute atomic E-state index is 5.96. The molecular weight excluding hydrogens is 330 g/mol. The van der Waals surface area contributed by atoms with E-state index in [9.17, 15) is 0 Å². The highest BCUT2D eigenvalue weighted by Gasteiger charge is 2.17. The third kappa shape index (κ3) is 2.67. The van der Waals surface area contributed by atoms with E-state index in [4.69, 9.17) is 16.3 Å². The summed E-state index contributed by atoms with van der Waals surface area (Å²) in [4.78, 5) is 8.13. The molecule has 0 spiro atoms. The second kappa shape index (κ2) is 5.35. The van der Waals surface area contributed by atoms with Crippen molar-refractivity contribution in [2.24, 2.45) is 0 Å². The molecule has 0 atom stereocenters. The summed E-state index contributed by atoms with van der Waals surface area (Å²) in [7, 11) is 0. The standard InChI is InChI=1S/C13H11BrClN3O/c14-10-5-8-1-4-19-11(8)9(6-10)7-18-13-12(15)16-2-3-17-13/h2-3,5-6H,1,4,7H2,(H,17,18). The molecule has 0 saturated carbocycles. The molecule has 19 heavy (non-hydrogen) atoms. The monoisotopic (exact) mass is 339 g/mol. The number of fused-ring (bicyclic) bond motifs is 1. The van der Waals surface area contributed by atoms with Gasteiger partial charge in [0.25, 0.3) is 0 Å². The molecule has 0 fully saturated rings. The minimum absolute atomic E-state index is 0.370. The van der Waals surface area contributed by atoms with Crippen molar-refractivity contribution < 1.29 is 4.74 Å². The van der Waals surface area contributed by atoms with Crippen molar-refractivity contribution in [2.45, 2.75) is 13.0 Å². The number of hydrogen-bond acceptors (Lipinski definition) is 4. The molecule has 1 aliphatic rings. The van der Waals surface area contributed by atoms with Crippen molar-refractivity contribution >= 4 is 33.3 Å². The first-order valence-corrected chi connectivity index (χ1v) is 7.05. The highest BCUT2D eigenvalue weighted by molar-refractivity contribution is 9.10. The van der Waals surface area contributed by atoms with E-state index in [1.165, 1.54) is 5.56 Å². The molecular formula is C13H11BrClN3O. The van der Waals surface area contributed by atoms with Crippen molar-refractivity contribution in [3.63, 3.8) is 0 Å². The molecule has 1 aromatic carbocycles. The third-order valence-corrected chi connectivity index (χ3v) is 3.66. The number of rotatable bonds is 3. The van der Waals surface area contributed by atoms with E-state index in [1.54, 1.807) is 12.4 Å². The van der Waals surface area contributed by atoms with Gasteiger partial charge in [-0.25, -0.2) is 9.97 Å². The zero-order valence-electron chi connectivity index (χ0n) is 9.99. The molecule has 98 valence electrons. The molecule has 0 unspecified atom stereocenters. The van der Waals surface area contributed by atoms with Crippen LogP contribution in [0.4, 0.5) is 5.82 Å². The van der Waals surface area contributed by atoms with Gasteiger partial charge in [0.2, 0.25) is 0 Å². The van der Waals surface area contributed by atoms with Gasteiger partial charge in [-0.3, -0.25) is 0 Å². The lowest BCUT2D eigenvalue weighted by Crippen LogP contribution is -2.04. The van der Waals surface area contributed by atoms with Crippen LogP contribution < -0.4 is 10.1 Å². The van der Waals surface area contributed by atoms with Crippen LogP contribution in [0.15, 0.2) is 29.0 Å². The Morgan fingerprint density at radius 3 is 3.00 bits per heavy atom. The van der Waals surface area contributed by atoms with Gasteiger partial charge in [-0.15, -0.1) is 0 Å². The smallest absolute Gasteiger partial charge is 0.171 e. The van der Waals surface area contributed by atoms with Gasteiger partial charge in [-0.1, -0.05) is 27.5 Å². The minimum atomic E-state index is 0.370. The zero-order chi connectivity index (χ0) is 13.2. The Morgan fingerprint density at radius 2 is 2.16 bits per heavy atom. The van der Waals surface area contributed by atoms with E-state index in [2.05, 4.69) is 37.3 Å². The Kier molecular flexibility index (Phi) is 3.57. The highest BCUT2D eigenvalue weighted by atomic mass is 79.9. The maximum atomic E-state index is 5.96. The highest BCUT2D eigenvalue weighted by Crippen LogP contribution is 2.33. The van der Waals surface area contributed by atoms with Crippen LogP contribution in [0.2, 0.25) is 5.15 Å². The lowest BCUT2D eigenvalue weighted by Gasteiger charge is -2.11. The Balaban J connectivity index is 1.83. The van der Waals surface area contributed by atoms with E-state index < -0.39 is 0 Å². The molecule has 0 amide bonds. The van der Waals surface area contributed by atoms with Crippen LogP contribution in [0.1, 0.15) is 11.1 Å². The zero-order valence-corrected chi connectivity index (χ0v) is 12.3. The first-order valence-electron chi connectivity index (χ1n) is 5.88. The minimum Gasteiger partial charge on any atom is -0.493 e. The fourth-order valence-electron chi connectivity index (χ4n) is 2.10. The number of anilines is 1. The number of nitrogens with zero attached hydrogens (tertiary/aromatic N) is 2. The summed E-state index contributed by atoms with van der Waals surface area (Å²) in [5.74, 6) is 1.55. The summed E-state index contributed by atoms with van der Waals surface area (Å²) in [5, 5.41) is 3.55. The van der Waals surface area contributed by atoms with Crippen LogP contribution in [-0.2, 0) is 13.0 Å². The number of halogens is 2. The Hall–Kier alpha value is -1.33. The van der Waals surface area contributed by atoms with Crippen LogP contribution in [0, 0.1) is 0 Å². The third-order valence-electron chi connectivity index (χ3n) is 2.93. The van der Waals surface area contributed by atoms with Crippen LogP contribution in [0.3, 0.4) is 0 Å². The molecule has 0 bridgehead atoms. The van der Waals surface area contributed by atoms with Gasteiger partial charge in [0.15, 0.2) is 11.0 Å². The van der Waals surface area contributed by atoms with Gasteiger partial charge in [0.1, 0.15) is 5.75 Å². The summed E-state index contributed by atoms with van der Waals surface area (Å²) in [5.41, 5.74) is 2.32. The fraction of sp³-hybridized carbons (Fsp3) is 0.231. The number of aromatic nitrogens is 2. The average Bonchev–Trinajstić information content (AvgIpc) is 2.85. The first kappa shape index (κ1) is 12.7. The molecule has 1 N–H and O–H groups in total. The van der Waals surface area contributed by atoms with Gasteiger partial charge < -0.3 is 10.1 Å². The van der Waals surface area contributed by atoms with Gasteiger partial charge in [-0.2, -0.15) is 0 Å². The predicted octanol–water partition coefficient (Wildman–Crippen LogP) is 3.44. The Bertz CT molecular complexity index is 621. The van der Waals surface area contributed by atoms with Crippen LogP contribution in [0.25, 0.3) is 0 Å². The van der Waals surface area contributed by atoms with Gasteiger partial charge >= 0.3 is 0 Å². The summed E-state index contributed by atoms with van der Waals surface area (Å²) in [6.45, 7) is 1.34. The largest absolute Gasteiger partial charge is 0.493 e. The second-order valence-corrected chi connectivity index (χ2v) is 5.47. The van der Waals surface area contributed by atoms with E-state index in [1.807, 2.05) is 6.07 Å². The van der Waals surface area contributed by atoms with Crippen LogP contribution in [0.5, 0.6) is 5.75 Å². The molecule has 2 heterocycles. The SMILES string of the molecule is Clc1nccnc1NCc1cc(Br)cc2c1OCC2. The molecule has 1 aromatic heterocycles. The second-order valence-electron chi connectivity index (χ2n) is 4.20. The molecule has 0 radical (unpaired) electrons. The molecule has 6 heteroatoms. The van der Waals surface area contributed by atoms with E-state index in [0.717, 1.165) is 28.8 Å². The summed E-state index contributed by atoms with van der Waals surface area (Å²) < 4.78 is 6.73.